The van der Waals surface area contributed by atoms with E-state index in [-0.39, 0.29) is 21.7 Å². The van der Waals surface area contributed by atoms with E-state index in [1.165, 1.54) is 19.9 Å². The molecule has 1 N–H and O–H groups in total. The van der Waals surface area contributed by atoms with Crippen LogP contribution in [-0.4, -0.2) is 11.9 Å². The van der Waals surface area contributed by atoms with Gasteiger partial charge in [-0.3, -0.25) is 9.59 Å². The SMILES string of the molecule is C=CCc1c(NC(C)=O)c(Cl)cc(Cl)c1OC(C)=O. The molecule has 0 radical (unpaired) electrons. The Morgan fingerprint density at radius 2 is 2.00 bits per heavy atom. The van der Waals surface area contributed by atoms with Crippen LogP contribution in [0.4, 0.5) is 5.69 Å². The fourth-order valence-corrected chi connectivity index (χ4v) is 2.14. The van der Waals surface area contributed by atoms with Crippen LogP contribution in [0.1, 0.15) is 19.4 Å². The summed E-state index contributed by atoms with van der Waals surface area (Å²) in [5, 5.41) is 3.07. The van der Waals surface area contributed by atoms with Crippen LogP contribution in [0, 0.1) is 0 Å². The first-order valence-corrected chi connectivity index (χ1v) is 6.20. The number of benzene rings is 1. The molecule has 102 valence electrons. The fraction of sp³-hybridized carbons (Fsp3) is 0.231. The first-order valence-electron chi connectivity index (χ1n) is 5.44. The van der Waals surface area contributed by atoms with Gasteiger partial charge in [0, 0.05) is 19.4 Å². The molecule has 0 saturated heterocycles. The monoisotopic (exact) mass is 301 g/mol. The third-order valence-electron chi connectivity index (χ3n) is 2.18. The normalized spacial score (nSPS) is 9.89. The number of rotatable bonds is 4. The highest BCUT2D eigenvalue weighted by Crippen LogP contribution is 2.40. The fourth-order valence-electron chi connectivity index (χ4n) is 1.56. The highest BCUT2D eigenvalue weighted by molar-refractivity contribution is 6.38. The number of esters is 1. The first-order chi connectivity index (χ1) is 8.86. The Bertz CT molecular complexity index is 501. The summed E-state index contributed by atoms with van der Waals surface area (Å²) in [7, 11) is 0. The smallest absolute Gasteiger partial charge is 0.308 e. The molecule has 1 rings (SSSR count). The van der Waals surface area contributed by atoms with Crippen LogP contribution in [0.25, 0.3) is 0 Å². The third kappa shape index (κ3) is 3.98. The van der Waals surface area contributed by atoms with Gasteiger partial charge in [0.2, 0.25) is 5.91 Å². The Morgan fingerprint density at radius 3 is 2.47 bits per heavy atom. The predicted octanol–water partition coefficient (Wildman–Crippen LogP) is 3.61. The lowest BCUT2D eigenvalue weighted by Gasteiger charge is -2.16. The van der Waals surface area contributed by atoms with Crippen molar-refractivity contribution in [2.24, 2.45) is 0 Å². The zero-order chi connectivity index (χ0) is 14.6. The van der Waals surface area contributed by atoms with Crippen LogP contribution < -0.4 is 10.1 Å². The second-order valence-corrected chi connectivity index (χ2v) is 4.60. The molecule has 0 aliphatic carbocycles. The van der Waals surface area contributed by atoms with Crippen LogP contribution in [0.3, 0.4) is 0 Å². The third-order valence-corrected chi connectivity index (χ3v) is 2.76. The molecular weight excluding hydrogens is 289 g/mol. The van der Waals surface area contributed by atoms with E-state index in [0.717, 1.165) is 0 Å². The minimum absolute atomic E-state index is 0.183. The Hall–Kier alpha value is -1.52. The van der Waals surface area contributed by atoms with Crippen molar-refractivity contribution in [3.8, 4) is 5.75 Å². The molecule has 1 aromatic carbocycles. The van der Waals surface area contributed by atoms with E-state index in [9.17, 15) is 9.59 Å². The average molecular weight is 302 g/mol. The number of ether oxygens (including phenoxy) is 1. The first kappa shape index (κ1) is 15.5. The van der Waals surface area contributed by atoms with Crippen molar-refractivity contribution in [1.29, 1.82) is 0 Å². The second-order valence-electron chi connectivity index (χ2n) is 3.79. The highest BCUT2D eigenvalue weighted by atomic mass is 35.5. The number of hydrogen-bond acceptors (Lipinski definition) is 3. The maximum Gasteiger partial charge on any atom is 0.308 e. The van der Waals surface area contributed by atoms with Gasteiger partial charge >= 0.3 is 5.97 Å². The van der Waals surface area contributed by atoms with Crippen molar-refractivity contribution in [3.63, 3.8) is 0 Å². The van der Waals surface area contributed by atoms with Crippen molar-refractivity contribution in [2.45, 2.75) is 20.3 Å². The summed E-state index contributed by atoms with van der Waals surface area (Å²) in [6.07, 6.45) is 1.94. The van der Waals surface area contributed by atoms with E-state index >= 15 is 0 Å². The average Bonchev–Trinajstić information content (AvgIpc) is 2.28. The molecule has 6 heteroatoms. The van der Waals surface area contributed by atoms with Crippen LogP contribution >= 0.6 is 23.2 Å². The molecule has 0 atom stereocenters. The van der Waals surface area contributed by atoms with Crippen LogP contribution in [0.2, 0.25) is 10.0 Å². The van der Waals surface area contributed by atoms with Gasteiger partial charge < -0.3 is 10.1 Å². The summed E-state index contributed by atoms with van der Waals surface area (Å²) in [4.78, 5) is 22.3. The van der Waals surface area contributed by atoms with Gasteiger partial charge in [-0.05, 0) is 12.5 Å². The maximum atomic E-state index is 11.2. The molecule has 0 unspecified atom stereocenters. The minimum atomic E-state index is -0.511. The van der Waals surface area contributed by atoms with Gasteiger partial charge in [-0.15, -0.1) is 6.58 Å². The number of carbonyl (C=O) groups excluding carboxylic acids is 2. The number of hydrogen-bond donors (Lipinski definition) is 1. The molecule has 0 saturated carbocycles. The summed E-state index contributed by atoms with van der Waals surface area (Å²) in [6, 6.07) is 1.42. The van der Waals surface area contributed by atoms with Crippen LogP contribution in [0.15, 0.2) is 18.7 Å². The van der Waals surface area contributed by atoms with Crippen LogP contribution in [-0.2, 0) is 16.0 Å². The van der Waals surface area contributed by atoms with Gasteiger partial charge in [0.15, 0.2) is 5.75 Å². The summed E-state index contributed by atoms with van der Waals surface area (Å²) >= 11 is 12.1. The molecule has 0 fully saturated rings. The maximum absolute atomic E-state index is 11.2. The molecule has 1 amide bonds. The predicted molar refractivity (Wildman–Crippen MR) is 76.0 cm³/mol. The number of nitrogens with one attached hydrogen (secondary N) is 1. The molecule has 0 aliphatic heterocycles. The molecule has 0 heterocycles. The Labute approximate surface area is 121 Å². The number of anilines is 1. The molecule has 0 aliphatic rings. The molecule has 4 nitrogen and oxygen atoms in total. The van der Waals surface area contributed by atoms with Crippen molar-refractivity contribution in [1.82, 2.24) is 0 Å². The van der Waals surface area contributed by atoms with Crippen LogP contribution in [0.5, 0.6) is 5.75 Å². The molecule has 19 heavy (non-hydrogen) atoms. The lowest BCUT2D eigenvalue weighted by molar-refractivity contribution is -0.131. The van der Waals surface area contributed by atoms with E-state index in [1.54, 1.807) is 6.08 Å². The molecular formula is C13H13Cl2NO3. The van der Waals surface area contributed by atoms with Gasteiger partial charge in [0.25, 0.3) is 0 Å². The number of allylic oxidation sites excluding steroid dienone is 1. The Balaban J connectivity index is 3.46. The van der Waals surface area contributed by atoms with E-state index in [2.05, 4.69) is 11.9 Å². The summed E-state index contributed by atoms with van der Waals surface area (Å²) < 4.78 is 5.08. The van der Waals surface area contributed by atoms with Gasteiger partial charge in [0.1, 0.15) is 0 Å². The van der Waals surface area contributed by atoms with Crippen molar-refractivity contribution in [2.75, 3.05) is 5.32 Å². The summed E-state index contributed by atoms with van der Waals surface area (Å²) in [5.74, 6) is -0.617. The number of carbonyl (C=O) groups is 2. The van der Waals surface area contributed by atoms with Gasteiger partial charge in [0.05, 0.1) is 15.7 Å². The Morgan fingerprint density at radius 1 is 1.37 bits per heavy atom. The largest absolute Gasteiger partial charge is 0.425 e. The number of amides is 1. The van der Waals surface area contributed by atoms with Gasteiger partial charge in [-0.25, -0.2) is 0 Å². The topological polar surface area (TPSA) is 55.4 Å². The van der Waals surface area contributed by atoms with Crippen molar-refractivity contribution in [3.05, 3.63) is 34.3 Å². The van der Waals surface area contributed by atoms with E-state index in [4.69, 9.17) is 27.9 Å². The zero-order valence-electron chi connectivity index (χ0n) is 10.5. The lowest BCUT2D eigenvalue weighted by atomic mass is 10.1. The summed E-state index contributed by atoms with van der Waals surface area (Å²) in [6.45, 7) is 6.24. The zero-order valence-corrected chi connectivity index (χ0v) is 12.1. The number of halogens is 2. The van der Waals surface area contributed by atoms with Gasteiger partial charge in [-0.2, -0.15) is 0 Å². The van der Waals surface area contributed by atoms with E-state index in [1.807, 2.05) is 0 Å². The molecule has 0 spiro atoms. The summed E-state index contributed by atoms with van der Waals surface area (Å²) in [5.41, 5.74) is 0.882. The van der Waals surface area contributed by atoms with Crippen molar-refractivity contribution >= 4 is 40.8 Å². The molecule has 0 aromatic heterocycles. The standard InChI is InChI=1S/C13H13Cl2NO3/c1-4-5-9-12(16-7(2)17)10(14)6-11(15)13(9)19-8(3)18/h4,6H,1,5H2,2-3H3,(H,16,17). The van der Waals surface area contributed by atoms with E-state index < -0.39 is 5.97 Å². The molecule has 1 aromatic rings. The molecule has 0 bridgehead atoms. The second kappa shape index (κ2) is 6.59. The van der Waals surface area contributed by atoms with Crippen molar-refractivity contribution < 1.29 is 14.3 Å². The van der Waals surface area contributed by atoms with Gasteiger partial charge in [-0.1, -0.05) is 29.3 Å². The lowest BCUT2D eigenvalue weighted by Crippen LogP contribution is -2.11. The minimum Gasteiger partial charge on any atom is -0.425 e. The van der Waals surface area contributed by atoms with E-state index in [0.29, 0.717) is 17.7 Å². The quantitative estimate of drug-likeness (QED) is 0.525. The Kier molecular flexibility index (Phi) is 5.39. The highest BCUT2D eigenvalue weighted by Gasteiger charge is 2.19.